The topological polar surface area (TPSA) is 63.3 Å². The lowest BCUT2D eigenvalue weighted by atomic mass is 9.58. The molecule has 0 atom stereocenters. The maximum atomic E-state index is 11.0. The van der Waals surface area contributed by atoms with Crippen molar-refractivity contribution >= 4 is 5.97 Å². The minimum Gasteiger partial charge on any atom is -0.481 e. The molecule has 2 saturated carbocycles. The maximum absolute atomic E-state index is 11.0. The number of carboxylic acid groups (broad SMARTS) is 1. The Morgan fingerprint density at radius 1 is 1.29 bits per heavy atom. The van der Waals surface area contributed by atoms with Gasteiger partial charge < -0.3 is 10.8 Å². The molecule has 3 heteroatoms. The molecule has 0 amide bonds. The van der Waals surface area contributed by atoms with Gasteiger partial charge in [0.05, 0.1) is 5.41 Å². The van der Waals surface area contributed by atoms with Crippen LogP contribution >= 0.6 is 0 Å². The summed E-state index contributed by atoms with van der Waals surface area (Å²) in [4.78, 5) is 11.0. The summed E-state index contributed by atoms with van der Waals surface area (Å²) in [6.45, 7) is 0.311. The largest absolute Gasteiger partial charge is 0.481 e. The number of hydrogen-bond donors (Lipinski definition) is 2. The molecule has 0 aromatic rings. The number of carboxylic acids is 1. The van der Waals surface area contributed by atoms with Crippen LogP contribution in [0.25, 0.3) is 0 Å². The van der Waals surface area contributed by atoms with Crippen molar-refractivity contribution in [1.82, 2.24) is 0 Å². The van der Waals surface area contributed by atoms with Gasteiger partial charge in [-0.05, 0) is 24.7 Å². The van der Waals surface area contributed by atoms with Crippen LogP contribution < -0.4 is 5.73 Å². The molecule has 14 heavy (non-hydrogen) atoms. The highest BCUT2D eigenvalue weighted by atomic mass is 16.4. The van der Waals surface area contributed by atoms with Crippen molar-refractivity contribution in [3.63, 3.8) is 0 Å². The first kappa shape index (κ1) is 9.97. The van der Waals surface area contributed by atoms with Crippen molar-refractivity contribution in [2.75, 3.05) is 6.54 Å². The van der Waals surface area contributed by atoms with Gasteiger partial charge in [-0.15, -0.1) is 0 Å². The minimum atomic E-state index is -0.686. The molecule has 0 radical (unpaired) electrons. The van der Waals surface area contributed by atoms with Crippen molar-refractivity contribution in [2.45, 2.75) is 38.5 Å². The SMILES string of the molecule is NCC1(C(=O)O)CC(C2CCCC2)C1. The molecule has 80 valence electrons. The first-order valence-electron chi connectivity index (χ1n) is 5.61. The van der Waals surface area contributed by atoms with Gasteiger partial charge in [-0.2, -0.15) is 0 Å². The Bertz CT molecular complexity index is 227. The normalized spacial score (nSPS) is 38.2. The monoisotopic (exact) mass is 197 g/mol. The lowest BCUT2D eigenvalue weighted by Gasteiger charge is -2.46. The van der Waals surface area contributed by atoms with E-state index in [2.05, 4.69) is 0 Å². The number of rotatable bonds is 3. The van der Waals surface area contributed by atoms with Gasteiger partial charge >= 0.3 is 5.97 Å². The van der Waals surface area contributed by atoms with Gasteiger partial charge in [-0.25, -0.2) is 0 Å². The minimum absolute atomic E-state index is 0.311. The third-order valence-corrected chi connectivity index (χ3v) is 4.22. The Balaban J connectivity index is 1.90. The zero-order chi connectivity index (χ0) is 10.2. The maximum Gasteiger partial charge on any atom is 0.310 e. The molecule has 0 unspecified atom stereocenters. The molecule has 0 bridgehead atoms. The lowest BCUT2D eigenvalue weighted by Crippen LogP contribution is -2.50. The van der Waals surface area contributed by atoms with Gasteiger partial charge in [-0.3, -0.25) is 4.79 Å². The van der Waals surface area contributed by atoms with Gasteiger partial charge in [0.25, 0.3) is 0 Å². The Morgan fingerprint density at radius 3 is 2.29 bits per heavy atom. The van der Waals surface area contributed by atoms with E-state index in [4.69, 9.17) is 10.8 Å². The second-order valence-electron chi connectivity index (χ2n) is 5.00. The van der Waals surface area contributed by atoms with E-state index in [-0.39, 0.29) is 0 Å². The van der Waals surface area contributed by atoms with Crippen LogP contribution in [0.5, 0.6) is 0 Å². The van der Waals surface area contributed by atoms with E-state index in [1.807, 2.05) is 0 Å². The third-order valence-electron chi connectivity index (χ3n) is 4.22. The van der Waals surface area contributed by atoms with Crippen molar-refractivity contribution in [3.05, 3.63) is 0 Å². The Morgan fingerprint density at radius 2 is 1.86 bits per heavy atom. The van der Waals surface area contributed by atoms with Crippen LogP contribution in [0.15, 0.2) is 0 Å². The zero-order valence-electron chi connectivity index (χ0n) is 8.54. The fourth-order valence-electron chi connectivity index (χ4n) is 3.13. The number of aliphatic carboxylic acids is 1. The molecule has 0 aromatic heterocycles. The highest BCUT2D eigenvalue weighted by Gasteiger charge is 2.51. The summed E-state index contributed by atoms with van der Waals surface area (Å²) in [5, 5.41) is 9.06. The molecular formula is C11H19NO2. The van der Waals surface area contributed by atoms with Gasteiger partial charge in [0, 0.05) is 6.54 Å². The Labute approximate surface area is 84.7 Å². The van der Waals surface area contributed by atoms with E-state index < -0.39 is 11.4 Å². The first-order chi connectivity index (χ1) is 6.68. The molecular weight excluding hydrogens is 178 g/mol. The van der Waals surface area contributed by atoms with Gasteiger partial charge in [0.1, 0.15) is 0 Å². The van der Waals surface area contributed by atoms with E-state index in [9.17, 15) is 4.79 Å². The van der Waals surface area contributed by atoms with E-state index in [0.29, 0.717) is 12.5 Å². The fourth-order valence-corrected chi connectivity index (χ4v) is 3.13. The third kappa shape index (κ3) is 1.44. The molecule has 0 aromatic carbocycles. The standard InChI is InChI=1S/C11H19NO2/c12-7-11(10(13)14)5-9(6-11)8-3-1-2-4-8/h8-9H,1-7,12H2,(H,13,14). The van der Waals surface area contributed by atoms with E-state index in [1.54, 1.807) is 0 Å². The first-order valence-corrected chi connectivity index (χ1v) is 5.61. The highest BCUT2D eigenvalue weighted by molar-refractivity contribution is 5.76. The molecule has 2 rings (SSSR count). The van der Waals surface area contributed by atoms with E-state index in [1.165, 1.54) is 25.7 Å². The van der Waals surface area contributed by atoms with Gasteiger partial charge in [0.2, 0.25) is 0 Å². The lowest BCUT2D eigenvalue weighted by molar-refractivity contribution is -0.158. The van der Waals surface area contributed by atoms with E-state index >= 15 is 0 Å². The number of carbonyl (C=O) groups is 1. The Kier molecular flexibility index (Phi) is 2.52. The molecule has 2 aliphatic carbocycles. The molecule has 3 N–H and O–H groups in total. The summed E-state index contributed by atoms with van der Waals surface area (Å²) in [5.74, 6) is 0.764. The molecule has 0 saturated heterocycles. The molecule has 0 heterocycles. The number of nitrogens with two attached hydrogens (primary N) is 1. The number of hydrogen-bond acceptors (Lipinski definition) is 2. The summed E-state index contributed by atoms with van der Waals surface area (Å²) < 4.78 is 0. The average Bonchev–Trinajstić information content (AvgIpc) is 2.55. The predicted molar refractivity (Wildman–Crippen MR) is 53.8 cm³/mol. The Hall–Kier alpha value is -0.570. The second kappa shape index (κ2) is 3.54. The van der Waals surface area contributed by atoms with E-state index in [0.717, 1.165) is 18.8 Å². The zero-order valence-corrected chi connectivity index (χ0v) is 8.54. The van der Waals surface area contributed by atoms with Crippen molar-refractivity contribution < 1.29 is 9.90 Å². The van der Waals surface area contributed by atoms with Crippen LogP contribution in [0.3, 0.4) is 0 Å². The molecule has 2 fully saturated rings. The molecule has 2 aliphatic rings. The van der Waals surface area contributed by atoms with Gasteiger partial charge in [0.15, 0.2) is 0 Å². The predicted octanol–water partition coefficient (Wildman–Crippen LogP) is 1.62. The van der Waals surface area contributed by atoms with Crippen LogP contribution in [0.4, 0.5) is 0 Å². The van der Waals surface area contributed by atoms with Crippen molar-refractivity contribution in [3.8, 4) is 0 Å². The summed E-state index contributed by atoms with van der Waals surface area (Å²) in [7, 11) is 0. The quantitative estimate of drug-likeness (QED) is 0.722. The second-order valence-corrected chi connectivity index (χ2v) is 5.00. The van der Waals surface area contributed by atoms with Crippen LogP contribution in [-0.4, -0.2) is 17.6 Å². The van der Waals surface area contributed by atoms with Crippen molar-refractivity contribution in [2.24, 2.45) is 23.0 Å². The fraction of sp³-hybridized carbons (Fsp3) is 0.909. The average molecular weight is 197 g/mol. The summed E-state index contributed by atoms with van der Waals surface area (Å²) in [6.07, 6.45) is 6.94. The summed E-state index contributed by atoms with van der Waals surface area (Å²) in [5.41, 5.74) is 4.99. The van der Waals surface area contributed by atoms with Crippen LogP contribution in [0, 0.1) is 17.3 Å². The van der Waals surface area contributed by atoms with Gasteiger partial charge in [-0.1, -0.05) is 25.7 Å². The summed E-state index contributed by atoms with van der Waals surface area (Å²) >= 11 is 0. The van der Waals surface area contributed by atoms with Crippen LogP contribution in [0.2, 0.25) is 0 Å². The van der Waals surface area contributed by atoms with Crippen LogP contribution in [0.1, 0.15) is 38.5 Å². The molecule has 3 nitrogen and oxygen atoms in total. The molecule has 0 aliphatic heterocycles. The van der Waals surface area contributed by atoms with Crippen molar-refractivity contribution in [1.29, 1.82) is 0 Å². The summed E-state index contributed by atoms with van der Waals surface area (Å²) in [6, 6.07) is 0. The highest BCUT2D eigenvalue weighted by Crippen LogP contribution is 2.52. The smallest absolute Gasteiger partial charge is 0.310 e. The van der Waals surface area contributed by atoms with Crippen LogP contribution in [-0.2, 0) is 4.79 Å². The molecule has 0 spiro atoms.